The van der Waals surface area contributed by atoms with Gasteiger partial charge in [0.25, 0.3) is 0 Å². The second-order valence-electron chi connectivity index (χ2n) is 8.26. The summed E-state index contributed by atoms with van der Waals surface area (Å²) >= 11 is 0. The fourth-order valence-electron chi connectivity index (χ4n) is 4.44. The monoisotopic (exact) mass is 407 g/mol. The highest BCUT2D eigenvalue weighted by Crippen LogP contribution is 2.33. The van der Waals surface area contributed by atoms with E-state index < -0.39 is 0 Å². The molecular formula is C25H30FN3O. The highest BCUT2D eigenvalue weighted by molar-refractivity contribution is 5.96. The lowest BCUT2D eigenvalue weighted by Gasteiger charge is -2.17. The summed E-state index contributed by atoms with van der Waals surface area (Å²) in [5, 5.41) is 0. The first-order valence-corrected chi connectivity index (χ1v) is 11.2. The Morgan fingerprint density at radius 3 is 2.53 bits per heavy atom. The predicted molar refractivity (Wildman–Crippen MR) is 119 cm³/mol. The Kier molecular flexibility index (Phi) is 6.46. The molecule has 1 saturated heterocycles. The fourth-order valence-corrected chi connectivity index (χ4v) is 4.44. The van der Waals surface area contributed by atoms with Crippen molar-refractivity contribution in [1.29, 1.82) is 0 Å². The number of imidazole rings is 1. The van der Waals surface area contributed by atoms with E-state index in [0.717, 1.165) is 35.5 Å². The zero-order valence-electron chi connectivity index (χ0n) is 17.7. The van der Waals surface area contributed by atoms with E-state index in [4.69, 9.17) is 4.98 Å². The van der Waals surface area contributed by atoms with Crippen LogP contribution in [0, 0.1) is 5.82 Å². The van der Waals surface area contributed by atoms with E-state index in [-0.39, 0.29) is 17.6 Å². The van der Waals surface area contributed by atoms with E-state index in [1.165, 1.54) is 44.2 Å². The molecule has 1 unspecified atom stereocenters. The Morgan fingerprint density at radius 1 is 1.00 bits per heavy atom. The van der Waals surface area contributed by atoms with E-state index in [2.05, 4.69) is 23.6 Å². The van der Waals surface area contributed by atoms with Crippen molar-refractivity contribution in [2.45, 2.75) is 64.3 Å². The van der Waals surface area contributed by atoms with Crippen LogP contribution in [0.4, 0.5) is 10.1 Å². The molecule has 158 valence electrons. The first-order chi connectivity index (χ1) is 14.7. The topological polar surface area (TPSA) is 38.1 Å². The van der Waals surface area contributed by atoms with Crippen LogP contribution in [0.1, 0.15) is 63.6 Å². The van der Waals surface area contributed by atoms with E-state index >= 15 is 0 Å². The minimum absolute atomic E-state index is 0.0510. The lowest BCUT2D eigenvalue weighted by atomic mass is 10.1. The Morgan fingerprint density at radius 2 is 1.73 bits per heavy atom. The van der Waals surface area contributed by atoms with Crippen LogP contribution >= 0.6 is 0 Å². The third-order valence-electron chi connectivity index (χ3n) is 6.05. The van der Waals surface area contributed by atoms with Gasteiger partial charge in [-0.2, -0.15) is 0 Å². The number of carbonyl (C=O) groups is 1. The van der Waals surface area contributed by atoms with Crippen molar-refractivity contribution >= 4 is 22.6 Å². The molecule has 1 fully saturated rings. The highest BCUT2D eigenvalue weighted by Gasteiger charge is 2.34. The zero-order valence-corrected chi connectivity index (χ0v) is 17.7. The lowest BCUT2D eigenvalue weighted by molar-refractivity contribution is -0.117. The second-order valence-corrected chi connectivity index (χ2v) is 8.26. The molecule has 0 spiro atoms. The van der Waals surface area contributed by atoms with Gasteiger partial charge in [0.15, 0.2) is 0 Å². The molecule has 1 amide bonds. The van der Waals surface area contributed by atoms with Gasteiger partial charge in [0.1, 0.15) is 11.6 Å². The van der Waals surface area contributed by atoms with Crippen LogP contribution in [0.15, 0.2) is 48.5 Å². The van der Waals surface area contributed by atoms with E-state index in [0.29, 0.717) is 13.0 Å². The average Bonchev–Trinajstić information content (AvgIpc) is 3.32. The van der Waals surface area contributed by atoms with Crippen molar-refractivity contribution in [3.05, 3.63) is 60.2 Å². The van der Waals surface area contributed by atoms with Crippen LogP contribution in [0.3, 0.4) is 0 Å². The van der Waals surface area contributed by atoms with E-state index in [1.807, 2.05) is 12.1 Å². The number of hydrogen-bond acceptors (Lipinski definition) is 2. The van der Waals surface area contributed by atoms with Gasteiger partial charge >= 0.3 is 0 Å². The molecule has 30 heavy (non-hydrogen) atoms. The van der Waals surface area contributed by atoms with Crippen molar-refractivity contribution in [2.75, 3.05) is 11.4 Å². The summed E-state index contributed by atoms with van der Waals surface area (Å²) in [6, 6.07) is 14.4. The molecule has 2 heterocycles. The number of benzene rings is 2. The number of para-hydroxylation sites is 2. The van der Waals surface area contributed by atoms with Gasteiger partial charge in [-0.05, 0) is 42.8 Å². The van der Waals surface area contributed by atoms with Crippen LogP contribution in [-0.4, -0.2) is 22.0 Å². The first-order valence-electron chi connectivity index (χ1n) is 11.2. The number of carbonyl (C=O) groups excluding carboxylic acids is 1. The van der Waals surface area contributed by atoms with Gasteiger partial charge in [-0.1, -0.05) is 51.2 Å². The Balaban J connectivity index is 1.53. The SMILES string of the molecule is CCCCCCCCn1c(C2CC(=O)N(c3ccc(F)cc3)C2)nc2ccccc21. The molecule has 4 nitrogen and oxygen atoms in total. The van der Waals surface area contributed by atoms with Crippen LogP contribution in [-0.2, 0) is 11.3 Å². The molecule has 5 heteroatoms. The van der Waals surface area contributed by atoms with Gasteiger partial charge < -0.3 is 9.47 Å². The predicted octanol–water partition coefficient (Wildman–Crippen LogP) is 6.06. The van der Waals surface area contributed by atoms with Crippen LogP contribution in [0.25, 0.3) is 11.0 Å². The number of anilines is 1. The first kappa shape index (κ1) is 20.6. The number of nitrogens with zero attached hydrogens (tertiary/aromatic N) is 3. The summed E-state index contributed by atoms with van der Waals surface area (Å²) in [7, 11) is 0. The van der Waals surface area contributed by atoms with Crippen molar-refractivity contribution in [3.63, 3.8) is 0 Å². The summed E-state index contributed by atoms with van der Waals surface area (Å²) in [5.41, 5.74) is 2.89. The molecule has 1 atom stereocenters. The second kappa shape index (κ2) is 9.41. The number of fused-ring (bicyclic) bond motifs is 1. The van der Waals surface area contributed by atoms with Gasteiger partial charge in [0.2, 0.25) is 5.91 Å². The van der Waals surface area contributed by atoms with Gasteiger partial charge in [-0.25, -0.2) is 9.37 Å². The molecule has 0 aliphatic carbocycles. The summed E-state index contributed by atoms with van der Waals surface area (Å²) in [4.78, 5) is 19.4. The lowest BCUT2D eigenvalue weighted by Crippen LogP contribution is -2.24. The quantitative estimate of drug-likeness (QED) is 0.405. The molecule has 4 rings (SSSR count). The minimum Gasteiger partial charge on any atom is -0.328 e. The summed E-state index contributed by atoms with van der Waals surface area (Å²) in [5.74, 6) is 0.838. The molecule has 2 aromatic carbocycles. The van der Waals surface area contributed by atoms with Crippen LogP contribution < -0.4 is 4.90 Å². The maximum Gasteiger partial charge on any atom is 0.227 e. The molecule has 1 aromatic heterocycles. The molecule has 1 aliphatic rings. The largest absolute Gasteiger partial charge is 0.328 e. The normalized spacial score (nSPS) is 16.7. The maximum absolute atomic E-state index is 13.3. The van der Waals surface area contributed by atoms with Crippen molar-refractivity contribution in [2.24, 2.45) is 0 Å². The minimum atomic E-state index is -0.289. The van der Waals surface area contributed by atoms with E-state index in [1.54, 1.807) is 17.0 Å². The van der Waals surface area contributed by atoms with Gasteiger partial charge in [0.05, 0.1) is 11.0 Å². The number of rotatable bonds is 9. The van der Waals surface area contributed by atoms with E-state index in [9.17, 15) is 9.18 Å². The number of aromatic nitrogens is 2. The Bertz CT molecular complexity index is 995. The Hall–Kier alpha value is -2.69. The van der Waals surface area contributed by atoms with Crippen molar-refractivity contribution in [1.82, 2.24) is 9.55 Å². The van der Waals surface area contributed by atoms with Crippen LogP contribution in [0.2, 0.25) is 0 Å². The maximum atomic E-state index is 13.3. The van der Waals surface area contributed by atoms with Crippen molar-refractivity contribution < 1.29 is 9.18 Å². The molecule has 0 bridgehead atoms. The fraction of sp³-hybridized carbons (Fsp3) is 0.440. The highest BCUT2D eigenvalue weighted by atomic mass is 19.1. The number of unbranched alkanes of at least 4 members (excludes halogenated alkanes) is 5. The summed E-state index contributed by atoms with van der Waals surface area (Å²) < 4.78 is 15.6. The number of halogens is 1. The molecule has 0 saturated carbocycles. The van der Waals surface area contributed by atoms with Gasteiger partial charge in [-0.15, -0.1) is 0 Å². The molecule has 1 aliphatic heterocycles. The molecule has 0 radical (unpaired) electrons. The smallest absolute Gasteiger partial charge is 0.227 e. The summed E-state index contributed by atoms with van der Waals surface area (Å²) in [6.45, 7) is 3.76. The van der Waals surface area contributed by atoms with Gasteiger partial charge in [-0.3, -0.25) is 4.79 Å². The van der Waals surface area contributed by atoms with Gasteiger partial charge in [0, 0.05) is 31.1 Å². The number of hydrogen-bond donors (Lipinski definition) is 0. The third kappa shape index (κ3) is 4.40. The number of amides is 1. The average molecular weight is 408 g/mol. The van der Waals surface area contributed by atoms with Crippen LogP contribution in [0.5, 0.6) is 0 Å². The third-order valence-corrected chi connectivity index (χ3v) is 6.05. The zero-order chi connectivity index (χ0) is 20.9. The summed E-state index contributed by atoms with van der Waals surface area (Å²) in [6.07, 6.45) is 7.93. The molecular weight excluding hydrogens is 377 g/mol. The standard InChI is InChI=1S/C25H30FN3O/c1-2-3-4-5-6-9-16-28-23-11-8-7-10-22(23)27-25(28)19-17-24(30)29(18-19)21-14-12-20(26)13-15-21/h7-8,10-15,19H,2-6,9,16-18H2,1H3. The molecule has 3 aromatic rings. The number of aryl methyl sites for hydroxylation is 1. The molecule has 0 N–H and O–H groups in total. The van der Waals surface area contributed by atoms with Crippen molar-refractivity contribution in [3.8, 4) is 0 Å². The Labute approximate surface area is 177 Å².